The molecule has 0 bridgehead atoms. The molecule has 0 saturated heterocycles. The first-order chi connectivity index (χ1) is 9.66. The summed E-state index contributed by atoms with van der Waals surface area (Å²) in [6, 6.07) is 17.6. The van der Waals surface area contributed by atoms with Gasteiger partial charge in [-0.25, -0.2) is 0 Å². The van der Waals surface area contributed by atoms with Gasteiger partial charge in [-0.3, -0.25) is 4.79 Å². The molecule has 0 heterocycles. The number of aryl methyl sites for hydroxylation is 1. The molecule has 0 saturated carbocycles. The van der Waals surface area contributed by atoms with Gasteiger partial charge in [0.15, 0.2) is 0 Å². The lowest BCUT2D eigenvalue weighted by Crippen LogP contribution is -2.26. The van der Waals surface area contributed by atoms with Crippen LogP contribution in [0.25, 0.3) is 0 Å². The summed E-state index contributed by atoms with van der Waals surface area (Å²) in [7, 11) is 0. The van der Waals surface area contributed by atoms with Crippen molar-refractivity contribution in [2.45, 2.75) is 19.4 Å². The monoisotopic (exact) mass is 269 g/mol. The molecule has 0 aliphatic heterocycles. The van der Waals surface area contributed by atoms with Crippen LogP contribution in [0, 0.1) is 6.92 Å². The lowest BCUT2D eigenvalue weighted by Gasteiger charge is -2.14. The number of benzene rings is 2. The van der Waals surface area contributed by atoms with E-state index in [2.05, 4.69) is 29.6 Å². The Morgan fingerprint density at radius 2 is 1.75 bits per heavy atom. The van der Waals surface area contributed by atoms with Crippen LogP contribution in [0.4, 0.5) is 0 Å². The van der Waals surface area contributed by atoms with Gasteiger partial charge in [-0.15, -0.1) is 0 Å². The highest BCUT2D eigenvalue weighted by Gasteiger charge is 2.18. The van der Waals surface area contributed by atoms with Gasteiger partial charge in [0, 0.05) is 13.1 Å². The number of rotatable bonds is 6. The highest BCUT2D eigenvalue weighted by molar-refractivity contribution is 5.76. The second-order valence-electron chi connectivity index (χ2n) is 4.92. The number of carboxylic acid groups (broad SMARTS) is 1. The summed E-state index contributed by atoms with van der Waals surface area (Å²) < 4.78 is 0. The molecular weight excluding hydrogens is 250 g/mol. The SMILES string of the molecule is Cc1ccc(CNCC(C(=O)O)c2ccccc2)cc1. The maximum atomic E-state index is 11.3. The smallest absolute Gasteiger partial charge is 0.312 e. The maximum Gasteiger partial charge on any atom is 0.312 e. The van der Waals surface area contributed by atoms with Crippen LogP contribution in [-0.4, -0.2) is 17.6 Å². The largest absolute Gasteiger partial charge is 0.481 e. The molecule has 0 radical (unpaired) electrons. The second-order valence-corrected chi connectivity index (χ2v) is 4.92. The molecule has 2 N–H and O–H groups in total. The lowest BCUT2D eigenvalue weighted by atomic mass is 9.99. The van der Waals surface area contributed by atoms with Crippen molar-refractivity contribution in [1.82, 2.24) is 5.32 Å². The fourth-order valence-electron chi connectivity index (χ4n) is 2.10. The number of carboxylic acids is 1. The van der Waals surface area contributed by atoms with E-state index in [0.717, 1.165) is 11.1 Å². The second kappa shape index (κ2) is 6.87. The van der Waals surface area contributed by atoms with Gasteiger partial charge in [0.25, 0.3) is 0 Å². The van der Waals surface area contributed by atoms with Crippen molar-refractivity contribution < 1.29 is 9.90 Å². The highest BCUT2D eigenvalue weighted by atomic mass is 16.4. The molecule has 2 rings (SSSR count). The number of nitrogens with one attached hydrogen (secondary N) is 1. The molecule has 2 aromatic carbocycles. The third-order valence-electron chi connectivity index (χ3n) is 3.30. The third kappa shape index (κ3) is 3.93. The van der Waals surface area contributed by atoms with Gasteiger partial charge in [-0.05, 0) is 18.1 Å². The van der Waals surface area contributed by atoms with Crippen LogP contribution in [0.1, 0.15) is 22.6 Å². The summed E-state index contributed by atoms with van der Waals surface area (Å²) in [5, 5.41) is 12.5. The van der Waals surface area contributed by atoms with Crippen LogP contribution in [0.15, 0.2) is 54.6 Å². The molecule has 20 heavy (non-hydrogen) atoms. The van der Waals surface area contributed by atoms with Gasteiger partial charge < -0.3 is 10.4 Å². The summed E-state index contributed by atoms with van der Waals surface area (Å²) in [5.74, 6) is -1.31. The number of hydrogen-bond donors (Lipinski definition) is 2. The van der Waals surface area contributed by atoms with Gasteiger partial charge >= 0.3 is 5.97 Å². The van der Waals surface area contributed by atoms with Crippen molar-refractivity contribution in [3.63, 3.8) is 0 Å². The van der Waals surface area contributed by atoms with E-state index in [1.807, 2.05) is 37.3 Å². The molecule has 0 spiro atoms. The predicted molar refractivity (Wildman–Crippen MR) is 79.7 cm³/mol. The van der Waals surface area contributed by atoms with E-state index in [-0.39, 0.29) is 0 Å². The molecule has 3 nitrogen and oxygen atoms in total. The third-order valence-corrected chi connectivity index (χ3v) is 3.30. The van der Waals surface area contributed by atoms with Crippen molar-refractivity contribution >= 4 is 5.97 Å². The van der Waals surface area contributed by atoms with Gasteiger partial charge in [-0.2, -0.15) is 0 Å². The first-order valence-electron chi connectivity index (χ1n) is 6.71. The Bertz CT molecular complexity index is 549. The molecule has 0 aromatic heterocycles. The fraction of sp³-hybridized carbons (Fsp3) is 0.235. The van der Waals surface area contributed by atoms with E-state index in [4.69, 9.17) is 0 Å². The Hall–Kier alpha value is -2.13. The Labute approximate surface area is 119 Å². The first kappa shape index (κ1) is 14.3. The Balaban J connectivity index is 1.93. The zero-order valence-corrected chi connectivity index (χ0v) is 11.5. The Morgan fingerprint density at radius 1 is 1.10 bits per heavy atom. The van der Waals surface area contributed by atoms with E-state index in [0.29, 0.717) is 13.1 Å². The van der Waals surface area contributed by atoms with Crippen LogP contribution in [0.2, 0.25) is 0 Å². The zero-order chi connectivity index (χ0) is 14.4. The predicted octanol–water partition coefficient (Wildman–Crippen LogP) is 2.95. The first-order valence-corrected chi connectivity index (χ1v) is 6.71. The maximum absolute atomic E-state index is 11.3. The van der Waals surface area contributed by atoms with Crippen LogP contribution in [0.3, 0.4) is 0 Å². The van der Waals surface area contributed by atoms with Crippen LogP contribution in [-0.2, 0) is 11.3 Å². The number of hydrogen-bond acceptors (Lipinski definition) is 2. The van der Waals surface area contributed by atoms with Crippen LogP contribution >= 0.6 is 0 Å². The zero-order valence-electron chi connectivity index (χ0n) is 11.5. The minimum atomic E-state index is -0.799. The van der Waals surface area contributed by atoms with Crippen LogP contribution in [0.5, 0.6) is 0 Å². The molecule has 3 heteroatoms. The minimum absolute atomic E-state index is 0.424. The number of aliphatic carboxylic acids is 1. The van der Waals surface area contributed by atoms with E-state index in [9.17, 15) is 9.90 Å². The molecular formula is C17H19NO2. The van der Waals surface area contributed by atoms with Crippen molar-refractivity contribution in [1.29, 1.82) is 0 Å². The molecule has 1 unspecified atom stereocenters. The Morgan fingerprint density at radius 3 is 2.35 bits per heavy atom. The quantitative estimate of drug-likeness (QED) is 0.847. The summed E-state index contributed by atoms with van der Waals surface area (Å²) >= 11 is 0. The highest BCUT2D eigenvalue weighted by Crippen LogP contribution is 2.15. The lowest BCUT2D eigenvalue weighted by molar-refractivity contribution is -0.138. The molecule has 0 fully saturated rings. The van der Waals surface area contributed by atoms with E-state index >= 15 is 0 Å². The molecule has 0 aliphatic rings. The fourth-order valence-corrected chi connectivity index (χ4v) is 2.10. The molecule has 2 aromatic rings. The van der Waals surface area contributed by atoms with Gasteiger partial charge in [0.1, 0.15) is 0 Å². The summed E-state index contributed by atoms with van der Waals surface area (Å²) in [5.41, 5.74) is 3.21. The van der Waals surface area contributed by atoms with E-state index in [1.54, 1.807) is 0 Å². The molecule has 104 valence electrons. The summed E-state index contributed by atoms with van der Waals surface area (Å²) in [4.78, 5) is 11.3. The van der Waals surface area contributed by atoms with E-state index in [1.165, 1.54) is 5.56 Å². The van der Waals surface area contributed by atoms with Gasteiger partial charge in [0.05, 0.1) is 5.92 Å². The normalized spacial score (nSPS) is 12.1. The summed E-state index contributed by atoms with van der Waals surface area (Å²) in [6.07, 6.45) is 0. The average Bonchev–Trinajstić information content (AvgIpc) is 2.46. The van der Waals surface area contributed by atoms with Crippen molar-refractivity contribution in [2.24, 2.45) is 0 Å². The van der Waals surface area contributed by atoms with Crippen molar-refractivity contribution in [2.75, 3.05) is 6.54 Å². The number of carbonyl (C=O) groups is 1. The van der Waals surface area contributed by atoms with Crippen molar-refractivity contribution in [3.8, 4) is 0 Å². The summed E-state index contributed by atoms with van der Waals surface area (Å²) in [6.45, 7) is 3.15. The molecule has 0 amide bonds. The minimum Gasteiger partial charge on any atom is -0.481 e. The molecule has 1 atom stereocenters. The average molecular weight is 269 g/mol. The molecule has 0 aliphatic carbocycles. The standard InChI is InChI=1S/C17H19NO2/c1-13-7-9-14(10-8-13)11-18-12-16(17(19)20)15-5-3-2-4-6-15/h2-10,16,18H,11-12H2,1H3,(H,19,20). The van der Waals surface area contributed by atoms with Crippen molar-refractivity contribution in [3.05, 3.63) is 71.3 Å². The van der Waals surface area contributed by atoms with Gasteiger partial charge in [0.2, 0.25) is 0 Å². The Kier molecular flexibility index (Phi) is 4.91. The topological polar surface area (TPSA) is 49.3 Å². The van der Waals surface area contributed by atoms with E-state index < -0.39 is 11.9 Å². The van der Waals surface area contributed by atoms with Gasteiger partial charge in [-0.1, -0.05) is 60.2 Å². The van der Waals surface area contributed by atoms with Crippen LogP contribution < -0.4 is 5.32 Å².